The molecule has 0 radical (unpaired) electrons. The summed E-state index contributed by atoms with van der Waals surface area (Å²) in [6.07, 6.45) is 1.84. The fourth-order valence-corrected chi connectivity index (χ4v) is 2.29. The number of anilines is 2. The number of hydrogen-bond acceptors (Lipinski definition) is 3. The molecule has 0 aliphatic rings. The van der Waals surface area contributed by atoms with Crippen LogP contribution in [0.5, 0.6) is 0 Å². The molecule has 3 nitrogen and oxygen atoms in total. The molecule has 2 N–H and O–H groups in total. The number of para-hydroxylation sites is 2. The Labute approximate surface area is 131 Å². The summed E-state index contributed by atoms with van der Waals surface area (Å²) in [5.41, 5.74) is 4.49. The van der Waals surface area contributed by atoms with Crippen LogP contribution in [0.15, 0.2) is 79.0 Å². The highest BCUT2D eigenvalue weighted by molar-refractivity contribution is 5.45. The van der Waals surface area contributed by atoms with Gasteiger partial charge in [0.25, 0.3) is 0 Å². The van der Waals surface area contributed by atoms with Gasteiger partial charge in [-0.05, 0) is 35.9 Å². The van der Waals surface area contributed by atoms with Crippen LogP contribution in [0.2, 0.25) is 0 Å². The van der Waals surface area contributed by atoms with E-state index in [-0.39, 0.29) is 0 Å². The number of nitrogens with zero attached hydrogens (tertiary/aromatic N) is 1. The molecular weight excluding hydrogens is 270 g/mol. The minimum atomic E-state index is 0.719. The molecule has 0 saturated heterocycles. The van der Waals surface area contributed by atoms with Gasteiger partial charge in [-0.25, -0.2) is 0 Å². The highest BCUT2D eigenvalue weighted by Crippen LogP contribution is 2.13. The lowest BCUT2D eigenvalue weighted by molar-refractivity contribution is 0.977. The largest absolute Gasteiger partial charge is 0.381 e. The molecule has 0 atom stereocenters. The average molecular weight is 289 g/mol. The van der Waals surface area contributed by atoms with E-state index < -0.39 is 0 Å². The van der Waals surface area contributed by atoms with Crippen molar-refractivity contribution in [3.63, 3.8) is 0 Å². The van der Waals surface area contributed by atoms with Crippen molar-refractivity contribution in [2.75, 3.05) is 10.6 Å². The summed E-state index contributed by atoms with van der Waals surface area (Å²) in [7, 11) is 0. The second-order valence-corrected chi connectivity index (χ2v) is 5.05. The van der Waals surface area contributed by atoms with Crippen LogP contribution in [-0.2, 0) is 13.1 Å². The van der Waals surface area contributed by atoms with E-state index in [2.05, 4.69) is 45.9 Å². The Balaban J connectivity index is 1.65. The predicted molar refractivity (Wildman–Crippen MR) is 91.8 cm³/mol. The molecule has 0 bridgehead atoms. The van der Waals surface area contributed by atoms with Crippen molar-refractivity contribution in [2.45, 2.75) is 13.1 Å². The van der Waals surface area contributed by atoms with Crippen LogP contribution in [0.4, 0.5) is 11.4 Å². The third-order valence-corrected chi connectivity index (χ3v) is 3.48. The predicted octanol–water partition coefficient (Wildman–Crippen LogP) is 4.31. The summed E-state index contributed by atoms with van der Waals surface area (Å²) in [5.74, 6) is 0. The molecule has 1 heterocycles. The summed E-state index contributed by atoms with van der Waals surface area (Å²) >= 11 is 0. The first-order chi connectivity index (χ1) is 10.9. The fourth-order valence-electron chi connectivity index (χ4n) is 2.29. The van der Waals surface area contributed by atoms with Crippen molar-refractivity contribution >= 4 is 11.4 Å². The Bertz CT molecular complexity index is 634. The smallest absolute Gasteiger partial charge is 0.0644 e. The first kappa shape index (κ1) is 14.1. The molecule has 0 aliphatic heterocycles. The van der Waals surface area contributed by atoms with E-state index in [4.69, 9.17) is 0 Å². The van der Waals surface area contributed by atoms with Crippen molar-refractivity contribution in [1.29, 1.82) is 0 Å². The standard InChI is InChI=1S/C19H19N3/c1-3-9-17(10-4-1)21-14-16-8-7-13-20-19(16)15-22-18-11-5-2-6-12-18/h1-13,21-22H,14-15H2. The van der Waals surface area contributed by atoms with Gasteiger partial charge in [-0.1, -0.05) is 42.5 Å². The quantitative estimate of drug-likeness (QED) is 0.710. The minimum Gasteiger partial charge on any atom is -0.381 e. The number of rotatable bonds is 6. The Kier molecular flexibility index (Phi) is 4.67. The average Bonchev–Trinajstić information content (AvgIpc) is 2.61. The molecule has 1 aromatic heterocycles. The molecule has 110 valence electrons. The Morgan fingerprint density at radius 1 is 0.636 bits per heavy atom. The topological polar surface area (TPSA) is 37.0 Å². The SMILES string of the molecule is c1ccc(NCc2cccnc2CNc2ccccc2)cc1. The normalized spacial score (nSPS) is 10.2. The van der Waals surface area contributed by atoms with Gasteiger partial charge in [0.2, 0.25) is 0 Å². The summed E-state index contributed by atoms with van der Waals surface area (Å²) < 4.78 is 0. The second kappa shape index (κ2) is 7.27. The Hall–Kier alpha value is -2.81. The van der Waals surface area contributed by atoms with Gasteiger partial charge in [0, 0.05) is 24.1 Å². The van der Waals surface area contributed by atoms with E-state index in [1.807, 2.05) is 48.7 Å². The molecule has 0 saturated carbocycles. The van der Waals surface area contributed by atoms with Gasteiger partial charge in [0.05, 0.1) is 12.2 Å². The maximum absolute atomic E-state index is 4.50. The fraction of sp³-hybridized carbons (Fsp3) is 0.105. The summed E-state index contributed by atoms with van der Waals surface area (Å²) in [6, 6.07) is 24.5. The van der Waals surface area contributed by atoms with Crippen LogP contribution in [-0.4, -0.2) is 4.98 Å². The number of pyridine rings is 1. The zero-order chi connectivity index (χ0) is 15.0. The van der Waals surface area contributed by atoms with Gasteiger partial charge >= 0.3 is 0 Å². The van der Waals surface area contributed by atoms with Crippen LogP contribution >= 0.6 is 0 Å². The van der Waals surface area contributed by atoms with Gasteiger partial charge in [-0.3, -0.25) is 4.98 Å². The van der Waals surface area contributed by atoms with E-state index in [1.165, 1.54) is 5.56 Å². The van der Waals surface area contributed by atoms with E-state index in [0.717, 1.165) is 30.2 Å². The molecule has 2 aromatic carbocycles. The molecule has 0 amide bonds. The zero-order valence-corrected chi connectivity index (χ0v) is 12.4. The van der Waals surface area contributed by atoms with Crippen molar-refractivity contribution in [3.8, 4) is 0 Å². The van der Waals surface area contributed by atoms with Gasteiger partial charge in [0.1, 0.15) is 0 Å². The third kappa shape index (κ3) is 3.85. The molecule has 0 spiro atoms. The van der Waals surface area contributed by atoms with Gasteiger partial charge < -0.3 is 10.6 Å². The lowest BCUT2D eigenvalue weighted by Gasteiger charge is -2.12. The van der Waals surface area contributed by atoms with Crippen LogP contribution in [0.3, 0.4) is 0 Å². The highest BCUT2D eigenvalue weighted by atomic mass is 14.9. The maximum Gasteiger partial charge on any atom is 0.0644 e. The number of hydrogen-bond donors (Lipinski definition) is 2. The van der Waals surface area contributed by atoms with Crippen LogP contribution in [0, 0.1) is 0 Å². The number of benzene rings is 2. The van der Waals surface area contributed by atoms with Crippen LogP contribution in [0.1, 0.15) is 11.3 Å². The lowest BCUT2D eigenvalue weighted by atomic mass is 10.1. The summed E-state index contributed by atoms with van der Waals surface area (Å²) in [5, 5.41) is 6.84. The maximum atomic E-state index is 4.50. The molecule has 22 heavy (non-hydrogen) atoms. The second-order valence-electron chi connectivity index (χ2n) is 5.05. The van der Waals surface area contributed by atoms with E-state index >= 15 is 0 Å². The molecule has 3 heteroatoms. The van der Waals surface area contributed by atoms with Crippen LogP contribution < -0.4 is 10.6 Å². The number of nitrogens with one attached hydrogen (secondary N) is 2. The van der Waals surface area contributed by atoms with Crippen molar-refractivity contribution < 1.29 is 0 Å². The summed E-state index contributed by atoms with van der Waals surface area (Å²) in [4.78, 5) is 4.50. The monoisotopic (exact) mass is 289 g/mol. The van der Waals surface area contributed by atoms with E-state index in [9.17, 15) is 0 Å². The Morgan fingerprint density at radius 2 is 1.23 bits per heavy atom. The van der Waals surface area contributed by atoms with E-state index in [1.54, 1.807) is 0 Å². The Morgan fingerprint density at radius 3 is 1.86 bits per heavy atom. The summed E-state index contributed by atoms with van der Waals surface area (Å²) in [6.45, 7) is 1.49. The number of aromatic nitrogens is 1. The first-order valence-electron chi connectivity index (χ1n) is 7.42. The van der Waals surface area contributed by atoms with Crippen molar-refractivity contribution in [3.05, 3.63) is 90.3 Å². The molecule has 3 rings (SSSR count). The van der Waals surface area contributed by atoms with Gasteiger partial charge in [0.15, 0.2) is 0 Å². The van der Waals surface area contributed by atoms with Crippen molar-refractivity contribution in [2.24, 2.45) is 0 Å². The van der Waals surface area contributed by atoms with Gasteiger partial charge in [-0.2, -0.15) is 0 Å². The minimum absolute atomic E-state index is 0.719. The highest BCUT2D eigenvalue weighted by Gasteiger charge is 2.03. The molecule has 0 fully saturated rings. The van der Waals surface area contributed by atoms with E-state index in [0.29, 0.717) is 0 Å². The molecule has 0 aliphatic carbocycles. The molecule has 3 aromatic rings. The van der Waals surface area contributed by atoms with Crippen LogP contribution in [0.25, 0.3) is 0 Å². The third-order valence-electron chi connectivity index (χ3n) is 3.48. The zero-order valence-electron chi connectivity index (χ0n) is 12.4. The first-order valence-corrected chi connectivity index (χ1v) is 7.42. The molecular formula is C19H19N3. The van der Waals surface area contributed by atoms with Crippen molar-refractivity contribution in [1.82, 2.24) is 4.98 Å². The van der Waals surface area contributed by atoms with Gasteiger partial charge in [-0.15, -0.1) is 0 Å². The molecule has 0 unspecified atom stereocenters. The lowest BCUT2D eigenvalue weighted by Crippen LogP contribution is -2.08.